The van der Waals surface area contributed by atoms with E-state index < -0.39 is 0 Å². The molecule has 0 radical (unpaired) electrons. The molecule has 2 rings (SSSR count). The van der Waals surface area contributed by atoms with Gasteiger partial charge in [0.15, 0.2) is 0 Å². The number of nitriles is 1. The third-order valence-corrected chi connectivity index (χ3v) is 1.84. The van der Waals surface area contributed by atoms with Crippen LogP contribution >= 0.6 is 0 Å². The molecule has 0 bridgehead atoms. The molecule has 0 amide bonds. The number of hydrogen-bond acceptors (Lipinski definition) is 2. The molecule has 0 fully saturated rings. The summed E-state index contributed by atoms with van der Waals surface area (Å²) in [6.07, 6.45) is 3.60. The molecule has 2 aromatic rings. The lowest BCUT2D eigenvalue weighted by Crippen LogP contribution is -1.88. The van der Waals surface area contributed by atoms with E-state index in [2.05, 4.69) is 11.2 Å². The van der Waals surface area contributed by atoms with Crippen LogP contribution in [0.2, 0.25) is 0 Å². The van der Waals surface area contributed by atoms with Gasteiger partial charge in [-0.1, -0.05) is 0 Å². The molecule has 2 heterocycles. The van der Waals surface area contributed by atoms with E-state index >= 15 is 0 Å². The van der Waals surface area contributed by atoms with Crippen molar-refractivity contribution in [1.82, 2.24) is 9.61 Å². The van der Waals surface area contributed by atoms with Gasteiger partial charge >= 0.3 is 0 Å². The zero-order valence-electron chi connectivity index (χ0n) is 6.65. The molecular formula is C9H7N3. The Morgan fingerprint density at radius 3 is 3.17 bits per heavy atom. The quantitative estimate of drug-likeness (QED) is 0.581. The van der Waals surface area contributed by atoms with Gasteiger partial charge in [0.1, 0.15) is 6.07 Å². The smallest absolute Gasteiger partial charge is 0.101 e. The number of hydrogen-bond donors (Lipinski definition) is 0. The van der Waals surface area contributed by atoms with Gasteiger partial charge in [0, 0.05) is 6.20 Å². The predicted octanol–water partition coefficient (Wildman–Crippen LogP) is 1.51. The Bertz CT molecular complexity index is 462. The van der Waals surface area contributed by atoms with E-state index in [4.69, 9.17) is 5.26 Å². The van der Waals surface area contributed by atoms with Crippen molar-refractivity contribution in [1.29, 1.82) is 5.26 Å². The van der Waals surface area contributed by atoms with Gasteiger partial charge in [-0.05, 0) is 24.6 Å². The highest BCUT2D eigenvalue weighted by Crippen LogP contribution is 2.13. The Balaban J connectivity index is 2.96. The van der Waals surface area contributed by atoms with Crippen LogP contribution in [-0.4, -0.2) is 9.61 Å². The van der Waals surface area contributed by atoms with Crippen LogP contribution in [0.25, 0.3) is 5.52 Å². The van der Waals surface area contributed by atoms with E-state index in [1.165, 1.54) is 0 Å². The highest BCUT2D eigenvalue weighted by molar-refractivity contribution is 5.64. The second kappa shape index (κ2) is 2.35. The van der Waals surface area contributed by atoms with Crippen molar-refractivity contribution in [2.24, 2.45) is 0 Å². The summed E-state index contributed by atoms with van der Waals surface area (Å²) in [5.74, 6) is 0. The molecule has 0 spiro atoms. The maximum atomic E-state index is 8.79. The Morgan fingerprint density at radius 1 is 1.58 bits per heavy atom. The first-order valence-electron chi connectivity index (χ1n) is 3.66. The average Bonchev–Trinajstić information content (AvgIpc) is 2.48. The Hall–Kier alpha value is -1.82. The summed E-state index contributed by atoms with van der Waals surface area (Å²) >= 11 is 0. The minimum absolute atomic E-state index is 0.674. The molecule has 3 nitrogen and oxygen atoms in total. The second-order valence-corrected chi connectivity index (χ2v) is 2.65. The molecule has 0 aromatic carbocycles. The third kappa shape index (κ3) is 0.785. The number of rotatable bonds is 0. The molecular weight excluding hydrogens is 150 g/mol. The Morgan fingerprint density at radius 2 is 2.42 bits per heavy atom. The largest absolute Gasteiger partial charge is 0.239 e. The molecule has 0 saturated heterocycles. The van der Waals surface area contributed by atoms with Crippen LogP contribution in [0.15, 0.2) is 24.5 Å². The maximum Gasteiger partial charge on any atom is 0.101 e. The summed E-state index contributed by atoms with van der Waals surface area (Å²) in [4.78, 5) is 0. The zero-order valence-corrected chi connectivity index (χ0v) is 6.65. The van der Waals surface area contributed by atoms with Crippen LogP contribution < -0.4 is 0 Å². The van der Waals surface area contributed by atoms with Crippen molar-refractivity contribution >= 4 is 5.52 Å². The number of nitrogens with zero attached hydrogens (tertiary/aromatic N) is 3. The van der Waals surface area contributed by atoms with Crippen LogP contribution in [0.3, 0.4) is 0 Å². The van der Waals surface area contributed by atoms with Gasteiger partial charge in [0.05, 0.1) is 17.3 Å². The number of aromatic nitrogens is 2. The topological polar surface area (TPSA) is 41.1 Å². The second-order valence-electron chi connectivity index (χ2n) is 2.65. The molecule has 0 aliphatic carbocycles. The standard InChI is InChI=1S/C9H7N3/c1-7-6-11-12-4-2-3-8(5-10)9(7)12/h2-4,6H,1H3. The summed E-state index contributed by atoms with van der Waals surface area (Å²) in [5, 5.41) is 12.9. The maximum absolute atomic E-state index is 8.79. The number of pyridine rings is 1. The highest BCUT2D eigenvalue weighted by Gasteiger charge is 2.03. The fourth-order valence-corrected chi connectivity index (χ4v) is 1.29. The van der Waals surface area contributed by atoms with Crippen LogP contribution in [0.1, 0.15) is 11.1 Å². The van der Waals surface area contributed by atoms with Crippen molar-refractivity contribution in [3.05, 3.63) is 35.7 Å². The van der Waals surface area contributed by atoms with Crippen LogP contribution in [0, 0.1) is 18.3 Å². The lowest BCUT2D eigenvalue weighted by Gasteiger charge is -1.94. The van der Waals surface area contributed by atoms with Gasteiger partial charge in [-0.2, -0.15) is 10.4 Å². The first-order chi connectivity index (χ1) is 5.83. The first-order valence-corrected chi connectivity index (χ1v) is 3.66. The van der Waals surface area contributed by atoms with E-state index in [1.807, 2.05) is 19.2 Å². The molecule has 3 heteroatoms. The van der Waals surface area contributed by atoms with Gasteiger partial charge in [-0.25, -0.2) is 4.52 Å². The van der Waals surface area contributed by atoms with Gasteiger partial charge in [-0.15, -0.1) is 0 Å². The van der Waals surface area contributed by atoms with Crippen molar-refractivity contribution in [2.75, 3.05) is 0 Å². The fourth-order valence-electron chi connectivity index (χ4n) is 1.29. The summed E-state index contributed by atoms with van der Waals surface area (Å²) in [7, 11) is 0. The van der Waals surface area contributed by atoms with Crippen LogP contribution in [0.5, 0.6) is 0 Å². The van der Waals surface area contributed by atoms with E-state index in [0.29, 0.717) is 5.56 Å². The van der Waals surface area contributed by atoms with E-state index in [1.54, 1.807) is 16.8 Å². The van der Waals surface area contributed by atoms with Crippen molar-refractivity contribution < 1.29 is 0 Å². The molecule has 2 aromatic heterocycles. The normalized spacial score (nSPS) is 10.0. The molecule has 0 N–H and O–H groups in total. The zero-order chi connectivity index (χ0) is 8.55. The van der Waals surface area contributed by atoms with Gasteiger partial charge in [-0.3, -0.25) is 0 Å². The monoisotopic (exact) mass is 157 g/mol. The van der Waals surface area contributed by atoms with Crippen LogP contribution in [-0.2, 0) is 0 Å². The van der Waals surface area contributed by atoms with E-state index in [-0.39, 0.29) is 0 Å². The Labute approximate surface area is 69.9 Å². The fraction of sp³-hybridized carbons (Fsp3) is 0.111. The first kappa shape index (κ1) is 6.86. The van der Waals surface area contributed by atoms with Crippen LogP contribution in [0.4, 0.5) is 0 Å². The molecule has 12 heavy (non-hydrogen) atoms. The molecule has 0 unspecified atom stereocenters. The average molecular weight is 157 g/mol. The summed E-state index contributed by atoms with van der Waals surface area (Å²) in [5.41, 5.74) is 2.61. The minimum atomic E-state index is 0.674. The lowest BCUT2D eigenvalue weighted by atomic mass is 10.2. The van der Waals surface area contributed by atoms with Gasteiger partial charge < -0.3 is 0 Å². The molecule has 0 aliphatic heterocycles. The summed E-state index contributed by atoms with van der Waals surface area (Å²) in [6, 6.07) is 5.75. The Kier molecular flexibility index (Phi) is 1.34. The predicted molar refractivity (Wildman–Crippen MR) is 44.6 cm³/mol. The number of aryl methyl sites for hydroxylation is 1. The van der Waals surface area contributed by atoms with Crippen molar-refractivity contribution in [2.45, 2.75) is 6.92 Å². The highest BCUT2D eigenvalue weighted by atomic mass is 15.2. The van der Waals surface area contributed by atoms with Crippen molar-refractivity contribution in [3.8, 4) is 6.07 Å². The number of fused-ring (bicyclic) bond motifs is 1. The molecule has 0 atom stereocenters. The van der Waals surface area contributed by atoms with Crippen molar-refractivity contribution in [3.63, 3.8) is 0 Å². The van der Waals surface area contributed by atoms with Gasteiger partial charge in [0.25, 0.3) is 0 Å². The summed E-state index contributed by atoms with van der Waals surface area (Å²) in [6.45, 7) is 1.95. The van der Waals surface area contributed by atoms with E-state index in [9.17, 15) is 0 Å². The van der Waals surface area contributed by atoms with Gasteiger partial charge in [0.2, 0.25) is 0 Å². The minimum Gasteiger partial charge on any atom is -0.239 e. The SMILES string of the molecule is Cc1cnn2cccc(C#N)c12. The van der Waals surface area contributed by atoms with E-state index in [0.717, 1.165) is 11.1 Å². The lowest BCUT2D eigenvalue weighted by molar-refractivity contribution is 0.959. The molecule has 0 aliphatic rings. The molecule has 58 valence electrons. The summed E-state index contributed by atoms with van der Waals surface area (Å²) < 4.78 is 1.72. The third-order valence-electron chi connectivity index (χ3n) is 1.84. The molecule has 0 saturated carbocycles.